The van der Waals surface area contributed by atoms with Crippen LogP contribution in [0.3, 0.4) is 0 Å². The Morgan fingerprint density at radius 2 is 1.88 bits per heavy atom. The van der Waals surface area contributed by atoms with Crippen molar-refractivity contribution in [2.75, 3.05) is 26.7 Å². The first-order valence-corrected chi connectivity index (χ1v) is 6.85. The Kier molecular flexibility index (Phi) is 3.17. The molecule has 2 saturated heterocycles. The van der Waals surface area contributed by atoms with Crippen molar-refractivity contribution < 1.29 is 0 Å². The zero-order valence-corrected chi connectivity index (χ0v) is 10.7. The fourth-order valence-electron chi connectivity index (χ4n) is 3.21. The van der Waals surface area contributed by atoms with Gasteiger partial charge in [0.15, 0.2) is 0 Å². The predicted molar refractivity (Wildman–Crippen MR) is 71.3 cm³/mol. The minimum Gasteiger partial charge on any atom is -0.310 e. The normalized spacial score (nSPS) is 26.8. The molecule has 0 aromatic heterocycles. The Balaban J connectivity index is 1.82. The summed E-state index contributed by atoms with van der Waals surface area (Å²) >= 11 is 0. The van der Waals surface area contributed by atoms with Gasteiger partial charge in [-0.05, 0) is 37.6 Å². The standard InChI is InChI=1S/C15H22N2/c1-17-10-12(11-17)13-6-2-3-7-14(13)15-8-4-5-9-16-15/h2-3,6-7,12,15-16H,4-5,8-11H2,1H3. The van der Waals surface area contributed by atoms with Crippen LogP contribution in [0.4, 0.5) is 0 Å². The van der Waals surface area contributed by atoms with E-state index in [0.29, 0.717) is 6.04 Å². The topological polar surface area (TPSA) is 15.3 Å². The molecule has 2 fully saturated rings. The summed E-state index contributed by atoms with van der Waals surface area (Å²) in [5, 5.41) is 3.68. The number of benzene rings is 1. The molecular weight excluding hydrogens is 208 g/mol. The number of nitrogens with one attached hydrogen (secondary N) is 1. The van der Waals surface area contributed by atoms with E-state index < -0.39 is 0 Å². The SMILES string of the molecule is CN1CC(c2ccccc2C2CCCCN2)C1. The van der Waals surface area contributed by atoms with Crippen LogP contribution in [0.2, 0.25) is 0 Å². The first-order valence-electron chi connectivity index (χ1n) is 6.85. The minimum atomic E-state index is 0.603. The third-order valence-electron chi connectivity index (χ3n) is 4.19. The fourth-order valence-corrected chi connectivity index (χ4v) is 3.21. The van der Waals surface area contributed by atoms with Crippen LogP contribution in [0, 0.1) is 0 Å². The smallest absolute Gasteiger partial charge is 0.0323 e. The van der Waals surface area contributed by atoms with Crippen LogP contribution >= 0.6 is 0 Å². The Labute approximate surface area is 104 Å². The maximum Gasteiger partial charge on any atom is 0.0323 e. The molecule has 0 amide bonds. The highest BCUT2D eigenvalue weighted by Gasteiger charge is 2.28. The molecule has 17 heavy (non-hydrogen) atoms. The molecule has 2 nitrogen and oxygen atoms in total. The van der Waals surface area contributed by atoms with E-state index >= 15 is 0 Å². The Hall–Kier alpha value is -0.860. The number of hydrogen-bond acceptors (Lipinski definition) is 2. The fraction of sp³-hybridized carbons (Fsp3) is 0.600. The van der Waals surface area contributed by atoms with Crippen LogP contribution in [-0.4, -0.2) is 31.6 Å². The van der Waals surface area contributed by atoms with Crippen molar-refractivity contribution >= 4 is 0 Å². The average molecular weight is 230 g/mol. The third-order valence-corrected chi connectivity index (χ3v) is 4.19. The molecule has 1 aromatic rings. The number of rotatable bonds is 2. The first-order chi connectivity index (χ1) is 8.34. The van der Waals surface area contributed by atoms with Crippen LogP contribution in [-0.2, 0) is 0 Å². The van der Waals surface area contributed by atoms with Gasteiger partial charge in [0.25, 0.3) is 0 Å². The van der Waals surface area contributed by atoms with Gasteiger partial charge in [-0.3, -0.25) is 0 Å². The van der Waals surface area contributed by atoms with Gasteiger partial charge in [-0.15, -0.1) is 0 Å². The average Bonchev–Trinajstić information content (AvgIpc) is 2.36. The van der Waals surface area contributed by atoms with Crippen LogP contribution < -0.4 is 5.32 Å². The Bertz CT molecular complexity index is 376. The maximum atomic E-state index is 3.68. The van der Waals surface area contributed by atoms with Crippen LogP contribution in [0.25, 0.3) is 0 Å². The molecule has 2 aliphatic rings. The number of likely N-dealkylation sites (N-methyl/N-ethyl adjacent to an activating group) is 1. The third kappa shape index (κ3) is 2.24. The summed E-state index contributed by atoms with van der Waals surface area (Å²) in [6.45, 7) is 3.64. The molecule has 1 N–H and O–H groups in total. The van der Waals surface area contributed by atoms with Gasteiger partial charge in [0.05, 0.1) is 0 Å². The lowest BCUT2D eigenvalue weighted by Crippen LogP contribution is -2.42. The van der Waals surface area contributed by atoms with Crippen LogP contribution in [0.15, 0.2) is 24.3 Å². The van der Waals surface area contributed by atoms with E-state index in [9.17, 15) is 0 Å². The van der Waals surface area contributed by atoms with Gasteiger partial charge in [-0.25, -0.2) is 0 Å². The second kappa shape index (κ2) is 4.79. The summed E-state index contributed by atoms with van der Waals surface area (Å²) in [6, 6.07) is 9.66. The molecule has 0 aliphatic carbocycles. The van der Waals surface area contributed by atoms with E-state index in [1.165, 1.54) is 38.9 Å². The maximum absolute atomic E-state index is 3.68. The molecule has 0 bridgehead atoms. The van der Waals surface area contributed by atoms with E-state index in [0.717, 1.165) is 5.92 Å². The molecule has 1 atom stereocenters. The van der Waals surface area contributed by atoms with E-state index in [2.05, 4.69) is 41.5 Å². The zero-order chi connectivity index (χ0) is 11.7. The second-order valence-corrected chi connectivity index (χ2v) is 5.55. The summed E-state index contributed by atoms with van der Waals surface area (Å²) in [5.41, 5.74) is 3.15. The monoisotopic (exact) mass is 230 g/mol. The number of likely N-dealkylation sites (tertiary alicyclic amines) is 1. The summed E-state index contributed by atoms with van der Waals surface area (Å²) in [4.78, 5) is 2.40. The van der Waals surface area contributed by atoms with Gasteiger partial charge in [-0.1, -0.05) is 30.7 Å². The van der Waals surface area contributed by atoms with Crippen molar-refractivity contribution in [1.82, 2.24) is 10.2 Å². The first kappa shape index (κ1) is 11.2. The molecule has 2 heteroatoms. The largest absolute Gasteiger partial charge is 0.310 e. The van der Waals surface area contributed by atoms with Gasteiger partial charge >= 0.3 is 0 Å². The van der Waals surface area contributed by atoms with Gasteiger partial charge in [0, 0.05) is 25.0 Å². The van der Waals surface area contributed by atoms with E-state index in [1.54, 1.807) is 11.1 Å². The van der Waals surface area contributed by atoms with Gasteiger partial charge in [0.2, 0.25) is 0 Å². The lowest BCUT2D eigenvalue weighted by atomic mass is 9.84. The number of hydrogen-bond donors (Lipinski definition) is 1. The summed E-state index contributed by atoms with van der Waals surface area (Å²) in [5.74, 6) is 0.764. The van der Waals surface area contributed by atoms with Crippen LogP contribution in [0.1, 0.15) is 42.3 Å². The molecule has 2 aliphatic heterocycles. The van der Waals surface area contributed by atoms with Crippen molar-refractivity contribution in [3.63, 3.8) is 0 Å². The van der Waals surface area contributed by atoms with E-state index in [4.69, 9.17) is 0 Å². The van der Waals surface area contributed by atoms with E-state index in [-0.39, 0.29) is 0 Å². The van der Waals surface area contributed by atoms with Crippen LogP contribution in [0.5, 0.6) is 0 Å². The summed E-state index contributed by atoms with van der Waals surface area (Å²) in [6.07, 6.45) is 4.01. The quantitative estimate of drug-likeness (QED) is 0.840. The van der Waals surface area contributed by atoms with Gasteiger partial charge < -0.3 is 10.2 Å². The molecule has 2 heterocycles. The van der Waals surface area contributed by atoms with Gasteiger partial charge in [0.1, 0.15) is 0 Å². The van der Waals surface area contributed by atoms with Crippen molar-refractivity contribution in [2.24, 2.45) is 0 Å². The van der Waals surface area contributed by atoms with Crippen molar-refractivity contribution in [3.05, 3.63) is 35.4 Å². The lowest BCUT2D eigenvalue weighted by Gasteiger charge is -2.39. The molecular formula is C15H22N2. The summed E-state index contributed by atoms with van der Waals surface area (Å²) in [7, 11) is 2.21. The van der Waals surface area contributed by atoms with Gasteiger partial charge in [-0.2, -0.15) is 0 Å². The number of nitrogens with zero attached hydrogens (tertiary/aromatic N) is 1. The lowest BCUT2D eigenvalue weighted by molar-refractivity contribution is 0.188. The molecule has 92 valence electrons. The number of piperidine rings is 1. The zero-order valence-electron chi connectivity index (χ0n) is 10.7. The molecule has 1 aromatic carbocycles. The predicted octanol–water partition coefficient (Wildman–Crippen LogP) is 2.53. The molecule has 0 saturated carbocycles. The highest BCUT2D eigenvalue weighted by Crippen LogP contribution is 2.33. The molecule has 1 unspecified atom stereocenters. The Morgan fingerprint density at radius 3 is 2.53 bits per heavy atom. The molecule has 0 radical (unpaired) electrons. The van der Waals surface area contributed by atoms with Crippen molar-refractivity contribution in [1.29, 1.82) is 0 Å². The summed E-state index contributed by atoms with van der Waals surface area (Å²) < 4.78 is 0. The van der Waals surface area contributed by atoms with Crippen molar-refractivity contribution in [2.45, 2.75) is 31.2 Å². The highest BCUT2D eigenvalue weighted by atomic mass is 15.2. The van der Waals surface area contributed by atoms with E-state index in [1.807, 2.05) is 0 Å². The Morgan fingerprint density at radius 1 is 1.12 bits per heavy atom. The second-order valence-electron chi connectivity index (χ2n) is 5.55. The minimum absolute atomic E-state index is 0.603. The molecule has 3 rings (SSSR count). The molecule has 0 spiro atoms. The van der Waals surface area contributed by atoms with Crippen molar-refractivity contribution in [3.8, 4) is 0 Å². The highest BCUT2D eigenvalue weighted by molar-refractivity contribution is 5.35.